The molecule has 0 aromatic heterocycles. The number of benzene rings is 3. The van der Waals surface area contributed by atoms with Crippen molar-refractivity contribution in [2.75, 3.05) is 13.2 Å². The summed E-state index contributed by atoms with van der Waals surface area (Å²) in [6, 6.07) is 25.0. The van der Waals surface area contributed by atoms with Crippen molar-refractivity contribution in [2.45, 2.75) is 24.5 Å². The van der Waals surface area contributed by atoms with Crippen molar-refractivity contribution in [2.24, 2.45) is 0 Å². The Balaban J connectivity index is 1.58. The maximum Gasteiger partial charge on any atom is 0.338 e. The smallest absolute Gasteiger partial charge is 0.338 e. The van der Waals surface area contributed by atoms with Gasteiger partial charge in [0.1, 0.15) is 18.9 Å². The zero-order chi connectivity index (χ0) is 29.0. The molecule has 1 aliphatic heterocycles. The van der Waals surface area contributed by atoms with Crippen LogP contribution in [0.3, 0.4) is 0 Å². The largest absolute Gasteiger partial charge is 0.459 e. The Morgan fingerprint density at radius 2 is 1.24 bits per heavy atom. The second-order valence-corrected chi connectivity index (χ2v) is 8.90. The molecule has 1 fully saturated rings. The minimum atomic E-state index is -1.16. The van der Waals surface area contributed by atoms with Crippen LogP contribution in [0.1, 0.15) is 31.1 Å². The summed E-state index contributed by atoms with van der Waals surface area (Å²) in [7, 11) is 0. The lowest BCUT2D eigenvalue weighted by molar-refractivity contribution is -0.110. The Morgan fingerprint density at radius 3 is 1.76 bits per heavy atom. The maximum absolute atomic E-state index is 13.1. The van der Waals surface area contributed by atoms with Crippen LogP contribution in [0, 0.1) is 0 Å². The number of carbonyl (C=O) groups is 4. The summed E-state index contributed by atoms with van der Waals surface area (Å²) < 4.78 is 23.3. The van der Waals surface area contributed by atoms with E-state index in [0.717, 1.165) is 0 Å². The molecule has 3 aromatic rings. The minimum Gasteiger partial charge on any atom is -0.459 e. The van der Waals surface area contributed by atoms with Crippen LogP contribution in [0.5, 0.6) is 0 Å². The third-order valence-corrected chi connectivity index (χ3v) is 6.03. The van der Waals surface area contributed by atoms with Crippen molar-refractivity contribution >= 4 is 24.3 Å². The van der Waals surface area contributed by atoms with Crippen LogP contribution in [-0.4, -0.2) is 62.0 Å². The molecule has 41 heavy (non-hydrogen) atoms. The number of esters is 3. The lowest BCUT2D eigenvalue weighted by Gasteiger charge is -2.25. The van der Waals surface area contributed by atoms with Gasteiger partial charge in [-0.3, -0.25) is 15.5 Å². The van der Waals surface area contributed by atoms with Crippen LogP contribution in [0.4, 0.5) is 0 Å². The SMILES string of the molecule is C=C(CNC1OC(COC(=O)c2ccccc2)C(OC(=O)c2ccccc2)C1OC(=O)c1ccccc1)NNC=O. The highest BCUT2D eigenvalue weighted by Gasteiger charge is 2.50. The third kappa shape index (κ3) is 8.01. The van der Waals surface area contributed by atoms with Crippen LogP contribution in [0.2, 0.25) is 0 Å². The van der Waals surface area contributed by atoms with Crippen LogP contribution >= 0.6 is 0 Å². The number of carbonyl (C=O) groups excluding carboxylic acids is 4. The predicted molar refractivity (Wildman–Crippen MR) is 146 cm³/mol. The Labute approximate surface area is 236 Å². The summed E-state index contributed by atoms with van der Waals surface area (Å²) >= 11 is 0. The number of hydrogen-bond donors (Lipinski definition) is 3. The molecule has 11 nitrogen and oxygen atoms in total. The second-order valence-electron chi connectivity index (χ2n) is 8.90. The van der Waals surface area contributed by atoms with Crippen molar-refractivity contribution in [3.8, 4) is 0 Å². The molecule has 212 valence electrons. The van der Waals surface area contributed by atoms with Crippen molar-refractivity contribution in [3.63, 3.8) is 0 Å². The molecule has 0 radical (unpaired) electrons. The van der Waals surface area contributed by atoms with Gasteiger partial charge in [0, 0.05) is 12.2 Å². The topological polar surface area (TPSA) is 141 Å². The van der Waals surface area contributed by atoms with Gasteiger partial charge in [0.15, 0.2) is 12.2 Å². The standard InChI is InChI=1S/C30H29N3O8/c1-20(33-32-19-34)17-31-27-26(41-30(37)23-15-9-4-10-16-23)25(40-29(36)22-13-7-3-8-14-22)24(39-27)18-38-28(35)21-11-5-2-6-12-21/h2-16,19,24-27,31,33H,1,17-18H2,(H,32,34). The van der Waals surface area contributed by atoms with Crippen LogP contribution in [0.25, 0.3) is 0 Å². The quantitative estimate of drug-likeness (QED) is 0.124. The second kappa shape index (κ2) is 14.4. The first kappa shape index (κ1) is 29.0. The van der Waals surface area contributed by atoms with Gasteiger partial charge in [-0.15, -0.1) is 0 Å². The summed E-state index contributed by atoms with van der Waals surface area (Å²) in [6.45, 7) is 3.56. The first-order chi connectivity index (χ1) is 20.0. The Hall–Kier alpha value is -5.00. The van der Waals surface area contributed by atoms with E-state index < -0.39 is 42.4 Å². The molecule has 1 amide bonds. The molecule has 3 N–H and O–H groups in total. The summed E-state index contributed by atoms with van der Waals surface area (Å²) in [5.74, 6) is -1.95. The van der Waals surface area contributed by atoms with E-state index in [1.807, 2.05) is 0 Å². The summed E-state index contributed by atoms with van der Waals surface area (Å²) in [5.41, 5.74) is 6.10. The number of rotatable bonds is 13. The van der Waals surface area contributed by atoms with E-state index in [-0.39, 0.29) is 24.3 Å². The normalized spacial score (nSPS) is 19.4. The molecule has 11 heteroatoms. The number of amides is 1. The number of hydrogen-bond acceptors (Lipinski definition) is 10. The molecule has 4 rings (SSSR count). The molecule has 1 saturated heterocycles. The van der Waals surface area contributed by atoms with Gasteiger partial charge in [-0.05, 0) is 36.4 Å². The molecule has 0 saturated carbocycles. The van der Waals surface area contributed by atoms with E-state index in [1.54, 1.807) is 91.0 Å². The molecule has 0 aliphatic carbocycles. The molecular formula is C30H29N3O8. The van der Waals surface area contributed by atoms with Gasteiger partial charge in [-0.2, -0.15) is 0 Å². The van der Waals surface area contributed by atoms with Crippen LogP contribution in [-0.2, 0) is 23.7 Å². The van der Waals surface area contributed by atoms with Gasteiger partial charge in [-0.25, -0.2) is 14.4 Å². The third-order valence-electron chi connectivity index (χ3n) is 6.03. The van der Waals surface area contributed by atoms with Gasteiger partial charge in [0.2, 0.25) is 6.41 Å². The van der Waals surface area contributed by atoms with Gasteiger partial charge in [-0.1, -0.05) is 61.2 Å². The number of nitrogens with one attached hydrogen (secondary N) is 3. The zero-order valence-corrected chi connectivity index (χ0v) is 21.9. The highest BCUT2D eigenvalue weighted by atomic mass is 16.7. The Morgan fingerprint density at radius 1 is 0.756 bits per heavy atom. The zero-order valence-electron chi connectivity index (χ0n) is 21.9. The fraction of sp³-hybridized carbons (Fsp3) is 0.200. The number of ether oxygens (including phenoxy) is 4. The van der Waals surface area contributed by atoms with E-state index in [1.165, 1.54) is 0 Å². The van der Waals surface area contributed by atoms with Crippen molar-refractivity contribution < 1.29 is 38.1 Å². The van der Waals surface area contributed by atoms with E-state index in [4.69, 9.17) is 18.9 Å². The molecule has 0 bridgehead atoms. The highest BCUT2D eigenvalue weighted by Crippen LogP contribution is 2.28. The molecular weight excluding hydrogens is 530 g/mol. The first-order valence-corrected chi connectivity index (χ1v) is 12.7. The lowest BCUT2D eigenvalue weighted by atomic mass is 10.1. The van der Waals surface area contributed by atoms with E-state index in [2.05, 4.69) is 22.7 Å². The highest BCUT2D eigenvalue weighted by molar-refractivity contribution is 5.91. The predicted octanol–water partition coefficient (Wildman–Crippen LogP) is 2.37. The van der Waals surface area contributed by atoms with E-state index in [9.17, 15) is 19.2 Å². The van der Waals surface area contributed by atoms with Gasteiger partial charge in [0.25, 0.3) is 0 Å². The van der Waals surface area contributed by atoms with Crippen molar-refractivity contribution in [3.05, 3.63) is 120 Å². The van der Waals surface area contributed by atoms with Crippen molar-refractivity contribution in [1.82, 2.24) is 16.2 Å². The maximum atomic E-state index is 13.1. The molecule has 4 unspecified atom stereocenters. The lowest BCUT2D eigenvalue weighted by Crippen LogP contribution is -2.47. The molecule has 0 spiro atoms. The summed E-state index contributed by atoms with van der Waals surface area (Å²) in [6.07, 6.45) is -3.88. The Kier molecular flexibility index (Phi) is 10.2. The van der Waals surface area contributed by atoms with Crippen LogP contribution < -0.4 is 16.2 Å². The van der Waals surface area contributed by atoms with Gasteiger partial charge < -0.3 is 24.4 Å². The van der Waals surface area contributed by atoms with Crippen molar-refractivity contribution in [1.29, 1.82) is 0 Å². The fourth-order valence-electron chi connectivity index (χ4n) is 4.04. The van der Waals surface area contributed by atoms with Crippen LogP contribution in [0.15, 0.2) is 103 Å². The summed E-state index contributed by atoms with van der Waals surface area (Å²) in [5, 5.41) is 3.04. The minimum absolute atomic E-state index is 0.0702. The molecule has 1 heterocycles. The molecule has 1 aliphatic rings. The first-order valence-electron chi connectivity index (χ1n) is 12.7. The average molecular weight is 560 g/mol. The average Bonchev–Trinajstić information content (AvgIpc) is 3.33. The molecule has 3 aromatic carbocycles. The number of hydrazine groups is 1. The fourth-order valence-corrected chi connectivity index (χ4v) is 4.04. The molecule has 4 atom stereocenters. The summed E-state index contributed by atoms with van der Waals surface area (Å²) in [4.78, 5) is 49.4. The Bertz CT molecular complexity index is 1340. The van der Waals surface area contributed by atoms with Gasteiger partial charge >= 0.3 is 17.9 Å². The monoisotopic (exact) mass is 559 g/mol. The van der Waals surface area contributed by atoms with E-state index >= 15 is 0 Å². The van der Waals surface area contributed by atoms with Gasteiger partial charge in [0.05, 0.1) is 16.7 Å². The van der Waals surface area contributed by atoms with E-state index in [0.29, 0.717) is 17.7 Å².